The monoisotopic (exact) mass is 191 g/mol. The van der Waals surface area contributed by atoms with Gasteiger partial charge in [0, 0.05) is 10.4 Å². The van der Waals surface area contributed by atoms with E-state index in [2.05, 4.69) is 0 Å². The predicted octanol–water partition coefficient (Wildman–Crippen LogP) is 1.77. The summed E-state index contributed by atoms with van der Waals surface area (Å²) in [5, 5.41) is 8.33. The van der Waals surface area contributed by atoms with Gasteiger partial charge in [0.1, 0.15) is 5.84 Å². The Balaban J connectivity index is 2.68. The van der Waals surface area contributed by atoms with Gasteiger partial charge in [-0.3, -0.25) is 5.41 Å². The Labute approximate surface area is 79.5 Å². The van der Waals surface area contributed by atoms with Crippen LogP contribution in [0.15, 0.2) is 24.3 Å². The van der Waals surface area contributed by atoms with Crippen molar-refractivity contribution in [3.05, 3.63) is 29.1 Å². The average molecular weight is 191 g/mol. The second kappa shape index (κ2) is 2.74. The first kappa shape index (κ1) is 8.07. The zero-order valence-electron chi connectivity index (χ0n) is 6.87. The summed E-state index contributed by atoms with van der Waals surface area (Å²) >= 11 is 1.51. The molecule has 66 valence electrons. The largest absolute Gasteiger partial charge is 0.399 e. The number of thiophene rings is 1. The van der Waals surface area contributed by atoms with Crippen LogP contribution in [0.1, 0.15) is 4.88 Å². The molecule has 0 fully saturated rings. The van der Waals surface area contributed by atoms with E-state index in [1.54, 1.807) is 0 Å². The molecule has 0 bridgehead atoms. The van der Waals surface area contributed by atoms with Gasteiger partial charge >= 0.3 is 0 Å². The molecule has 3 nitrogen and oxygen atoms in total. The fourth-order valence-corrected chi connectivity index (χ4v) is 2.10. The van der Waals surface area contributed by atoms with Crippen LogP contribution in [0.25, 0.3) is 10.1 Å². The molecule has 2 aromatic rings. The number of rotatable bonds is 1. The first-order valence-corrected chi connectivity index (χ1v) is 4.62. The third-order valence-corrected chi connectivity index (χ3v) is 2.96. The van der Waals surface area contributed by atoms with Crippen LogP contribution in [-0.4, -0.2) is 5.84 Å². The minimum atomic E-state index is 0.111. The van der Waals surface area contributed by atoms with Crippen molar-refractivity contribution in [2.75, 3.05) is 5.73 Å². The van der Waals surface area contributed by atoms with E-state index in [-0.39, 0.29) is 5.84 Å². The lowest BCUT2D eigenvalue weighted by Gasteiger charge is -1.90. The van der Waals surface area contributed by atoms with Gasteiger partial charge in [-0.2, -0.15) is 0 Å². The molecule has 0 aliphatic carbocycles. The van der Waals surface area contributed by atoms with Crippen molar-refractivity contribution in [2.24, 2.45) is 5.73 Å². The van der Waals surface area contributed by atoms with Gasteiger partial charge in [0.05, 0.1) is 4.88 Å². The first-order chi connectivity index (χ1) is 6.16. The van der Waals surface area contributed by atoms with E-state index in [1.165, 1.54) is 11.3 Å². The Hall–Kier alpha value is -1.55. The van der Waals surface area contributed by atoms with Gasteiger partial charge in [-0.1, -0.05) is 0 Å². The summed E-state index contributed by atoms with van der Waals surface area (Å²) in [6.45, 7) is 0. The quantitative estimate of drug-likeness (QED) is 0.365. The van der Waals surface area contributed by atoms with E-state index in [9.17, 15) is 0 Å². The molecular formula is C9H9N3S. The lowest BCUT2D eigenvalue weighted by atomic mass is 10.2. The van der Waals surface area contributed by atoms with Crippen molar-refractivity contribution in [3.8, 4) is 0 Å². The lowest BCUT2D eigenvalue weighted by molar-refractivity contribution is 1.46. The van der Waals surface area contributed by atoms with Crippen molar-refractivity contribution < 1.29 is 0 Å². The van der Waals surface area contributed by atoms with Crippen molar-refractivity contribution in [1.82, 2.24) is 0 Å². The fourth-order valence-electron chi connectivity index (χ4n) is 1.19. The molecule has 1 heterocycles. The van der Waals surface area contributed by atoms with Crippen LogP contribution in [-0.2, 0) is 0 Å². The standard InChI is InChI=1S/C9H9N3S/c10-6-1-2-7-5(3-6)4-8(13-7)9(11)12/h1-4H,10H2,(H3,11,12). The number of hydrogen-bond acceptors (Lipinski definition) is 3. The van der Waals surface area contributed by atoms with Crippen LogP contribution in [0.4, 0.5) is 5.69 Å². The van der Waals surface area contributed by atoms with Gasteiger partial charge in [0.25, 0.3) is 0 Å². The second-order valence-electron chi connectivity index (χ2n) is 2.82. The molecule has 0 saturated heterocycles. The Morgan fingerprint density at radius 2 is 2.08 bits per heavy atom. The van der Waals surface area contributed by atoms with E-state index in [1.807, 2.05) is 24.3 Å². The average Bonchev–Trinajstić information content (AvgIpc) is 2.46. The van der Waals surface area contributed by atoms with Crippen LogP contribution >= 0.6 is 11.3 Å². The van der Waals surface area contributed by atoms with E-state index >= 15 is 0 Å². The maximum absolute atomic E-state index is 7.28. The zero-order valence-corrected chi connectivity index (χ0v) is 7.69. The highest BCUT2D eigenvalue weighted by atomic mass is 32.1. The Morgan fingerprint density at radius 3 is 2.77 bits per heavy atom. The topological polar surface area (TPSA) is 75.9 Å². The van der Waals surface area contributed by atoms with E-state index < -0.39 is 0 Å². The number of nitrogens with one attached hydrogen (secondary N) is 1. The van der Waals surface area contributed by atoms with Gasteiger partial charge in [0.15, 0.2) is 0 Å². The third kappa shape index (κ3) is 1.36. The summed E-state index contributed by atoms with van der Waals surface area (Å²) < 4.78 is 1.11. The molecule has 1 aromatic carbocycles. The first-order valence-electron chi connectivity index (χ1n) is 3.80. The molecule has 5 N–H and O–H groups in total. The molecule has 0 spiro atoms. The molecule has 1 aromatic heterocycles. The Morgan fingerprint density at radius 1 is 1.31 bits per heavy atom. The highest BCUT2D eigenvalue weighted by Gasteiger charge is 2.03. The molecule has 0 unspecified atom stereocenters. The van der Waals surface area contributed by atoms with Crippen molar-refractivity contribution >= 4 is 32.9 Å². The highest BCUT2D eigenvalue weighted by molar-refractivity contribution is 7.20. The number of fused-ring (bicyclic) bond motifs is 1. The maximum Gasteiger partial charge on any atom is 0.133 e. The van der Waals surface area contributed by atoms with Gasteiger partial charge in [0.2, 0.25) is 0 Å². The summed E-state index contributed by atoms with van der Waals surface area (Å²) in [7, 11) is 0. The van der Waals surface area contributed by atoms with E-state index in [0.29, 0.717) is 0 Å². The summed E-state index contributed by atoms with van der Waals surface area (Å²) in [4.78, 5) is 0.792. The summed E-state index contributed by atoms with van der Waals surface area (Å²) in [5.41, 5.74) is 11.7. The predicted molar refractivity (Wildman–Crippen MR) is 57.3 cm³/mol. The number of amidine groups is 1. The minimum Gasteiger partial charge on any atom is -0.399 e. The second-order valence-corrected chi connectivity index (χ2v) is 3.91. The van der Waals surface area contributed by atoms with E-state index in [4.69, 9.17) is 16.9 Å². The van der Waals surface area contributed by atoms with Crippen LogP contribution in [0.5, 0.6) is 0 Å². The summed E-state index contributed by atoms with van der Waals surface area (Å²) in [6, 6.07) is 7.57. The number of nitrogens with two attached hydrogens (primary N) is 2. The van der Waals surface area contributed by atoms with Gasteiger partial charge in [-0.25, -0.2) is 0 Å². The van der Waals surface area contributed by atoms with Crippen LogP contribution in [0, 0.1) is 5.41 Å². The van der Waals surface area contributed by atoms with Crippen molar-refractivity contribution in [3.63, 3.8) is 0 Å². The third-order valence-electron chi connectivity index (χ3n) is 1.81. The van der Waals surface area contributed by atoms with Crippen molar-refractivity contribution in [2.45, 2.75) is 0 Å². The number of anilines is 1. The normalized spacial score (nSPS) is 10.5. The molecule has 13 heavy (non-hydrogen) atoms. The minimum absolute atomic E-state index is 0.111. The molecular weight excluding hydrogens is 182 g/mol. The molecule has 0 saturated carbocycles. The zero-order chi connectivity index (χ0) is 9.42. The Bertz CT molecular complexity index is 473. The molecule has 0 amide bonds. The van der Waals surface area contributed by atoms with E-state index in [0.717, 1.165) is 20.7 Å². The maximum atomic E-state index is 7.28. The summed E-state index contributed by atoms with van der Waals surface area (Å²) in [5.74, 6) is 0.111. The fraction of sp³-hybridized carbons (Fsp3) is 0. The SMILES string of the molecule is N=C(N)c1cc2cc(N)ccc2s1. The summed E-state index contributed by atoms with van der Waals surface area (Å²) in [6.07, 6.45) is 0. The van der Waals surface area contributed by atoms with Crippen LogP contribution in [0.2, 0.25) is 0 Å². The molecule has 0 radical (unpaired) electrons. The lowest BCUT2D eigenvalue weighted by Crippen LogP contribution is -2.08. The Kier molecular flexibility index (Phi) is 1.70. The number of hydrogen-bond donors (Lipinski definition) is 3. The molecule has 4 heteroatoms. The molecule has 2 rings (SSSR count). The van der Waals surface area contributed by atoms with Gasteiger partial charge < -0.3 is 11.5 Å². The van der Waals surface area contributed by atoms with Crippen LogP contribution < -0.4 is 11.5 Å². The smallest absolute Gasteiger partial charge is 0.133 e. The number of nitrogen functional groups attached to an aromatic ring is 2. The van der Waals surface area contributed by atoms with Gasteiger partial charge in [-0.15, -0.1) is 11.3 Å². The highest BCUT2D eigenvalue weighted by Crippen LogP contribution is 2.26. The molecule has 0 atom stereocenters. The van der Waals surface area contributed by atoms with Gasteiger partial charge in [-0.05, 0) is 29.7 Å². The molecule has 0 aliphatic rings. The molecule has 0 aliphatic heterocycles. The van der Waals surface area contributed by atoms with Crippen molar-refractivity contribution in [1.29, 1.82) is 5.41 Å². The van der Waals surface area contributed by atoms with Crippen LogP contribution in [0.3, 0.4) is 0 Å². The number of benzene rings is 1.